The van der Waals surface area contributed by atoms with Gasteiger partial charge in [-0.3, -0.25) is 4.79 Å². The van der Waals surface area contributed by atoms with E-state index in [4.69, 9.17) is 5.11 Å². The van der Waals surface area contributed by atoms with Crippen molar-refractivity contribution in [1.29, 1.82) is 0 Å². The Morgan fingerprint density at radius 2 is 2.25 bits per heavy atom. The van der Waals surface area contributed by atoms with Crippen molar-refractivity contribution in [3.63, 3.8) is 0 Å². The van der Waals surface area contributed by atoms with Gasteiger partial charge in [0.15, 0.2) is 0 Å². The van der Waals surface area contributed by atoms with Crippen molar-refractivity contribution in [2.45, 2.75) is 26.1 Å². The summed E-state index contributed by atoms with van der Waals surface area (Å²) in [7, 11) is 0. The highest BCUT2D eigenvalue weighted by Crippen LogP contribution is 2.02. The van der Waals surface area contributed by atoms with Gasteiger partial charge in [-0.05, 0) is 19.1 Å². The van der Waals surface area contributed by atoms with E-state index in [9.17, 15) is 9.59 Å². The van der Waals surface area contributed by atoms with Gasteiger partial charge in [-0.2, -0.15) is 0 Å². The van der Waals surface area contributed by atoms with Crippen LogP contribution in [-0.2, 0) is 17.9 Å². The summed E-state index contributed by atoms with van der Waals surface area (Å²) in [6.45, 7) is 2.48. The van der Waals surface area contributed by atoms with Crippen molar-refractivity contribution < 1.29 is 14.7 Å². The number of amides is 1. The molecule has 20 heavy (non-hydrogen) atoms. The number of imidazole rings is 1. The Labute approximate surface area is 115 Å². The van der Waals surface area contributed by atoms with E-state index in [1.165, 1.54) is 10.6 Å². The molecule has 2 rings (SSSR count). The SMILES string of the molecule is CC(Cn1ccnc1)NC(=O)Cn1cccc1C(=O)O. The molecule has 1 unspecified atom stereocenters. The molecule has 2 aromatic heterocycles. The van der Waals surface area contributed by atoms with Gasteiger partial charge in [0, 0.05) is 31.2 Å². The third-order valence-electron chi connectivity index (χ3n) is 2.81. The number of carbonyl (C=O) groups is 2. The summed E-state index contributed by atoms with van der Waals surface area (Å²) in [6.07, 6.45) is 6.74. The van der Waals surface area contributed by atoms with Gasteiger partial charge in [-0.1, -0.05) is 0 Å². The third kappa shape index (κ3) is 3.47. The van der Waals surface area contributed by atoms with Crippen molar-refractivity contribution in [2.75, 3.05) is 0 Å². The Morgan fingerprint density at radius 3 is 2.90 bits per heavy atom. The van der Waals surface area contributed by atoms with E-state index < -0.39 is 5.97 Å². The number of hydrogen-bond donors (Lipinski definition) is 2. The number of carbonyl (C=O) groups excluding carboxylic acids is 1. The molecule has 2 heterocycles. The average molecular weight is 276 g/mol. The number of aromatic carboxylic acids is 1. The zero-order chi connectivity index (χ0) is 14.5. The van der Waals surface area contributed by atoms with E-state index in [1.54, 1.807) is 24.8 Å². The van der Waals surface area contributed by atoms with Gasteiger partial charge >= 0.3 is 5.97 Å². The maximum atomic E-state index is 11.9. The van der Waals surface area contributed by atoms with Crippen LogP contribution in [0.4, 0.5) is 0 Å². The predicted octanol–water partition coefficient (Wildman–Crippen LogP) is 0.588. The van der Waals surface area contributed by atoms with Crippen LogP contribution in [0.15, 0.2) is 37.1 Å². The molecule has 0 aliphatic carbocycles. The monoisotopic (exact) mass is 276 g/mol. The number of aromatic nitrogens is 3. The highest BCUT2D eigenvalue weighted by molar-refractivity contribution is 5.86. The van der Waals surface area contributed by atoms with Crippen molar-refractivity contribution in [1.82, 2.24) is 19.4 Å². The standard InChI is InChI=1S/C13H16N4O3/c1-10(7-16-6-4-14-9-16)15-12(18)8-17-5-2-3-11(17)13(19)20/h2-6,9-10H,7-8H2,1H3,(H,15,18)(H,19,20). The first-order valence-corrected chi connectivity index (χ1v) is 6.20. The van der Waals surface area contributed by atoms with Gasteiger partial charge in [0.05, 0.1) is 6.33 Å². The molecule has 1 atom stereocenters. The van der Waals surface area contributed by atoms with Gasteiger partial charge in [0.25, 0.3) is 0 Å². The molecule has 2 aromatic rings. The van der Waals surface area contributed by atoms with Crippen molar-refractivity contribution >= 4 is 11.9 Å². The van der Waals surface area contributed by atoms with Gasteiger partial charge in [0.1, 0.15) is 12.2 Å². The minimum atomic E-state index is -1.05. The molecule has 0 radical (unpaired) electrons. The first-order chi connectivity index (χ1) is 9.56. The maximum Gasteiger partial charge on any atom is 0.352 e. The summed E-state index contributed by atoms with van der Waals surface area (Å²) in [5.74, 6) is -1.27. The Hall–Kier alpha value is -2.57. The molecule has 7 nitrogen and oxygen atoms in total. The second-order valence-corrected chi connectivity index (χ2v) is 4.55. The minimum absolute atomic E-state index is 0.0110. The normalized spacial score (nSPS) is 12.1. The largest absolute Gasteiger partial charge is 0.477 e. The van der Waals surface area contributed by atoms with E-state index in [1.807, 2.05) is 17.7 Å². The van der Waals surface area contributed by atoms with Crippen LogP contribution in [0.25, 0.3) is 0 Å². The maximum absolute atomic E-state index is 11.9. The zero-order valence-electron chi connectivity index (χ0n) is 11.1. The summed E-state index contributed by atoms with van der Waals surface area (Å²) in [4.78, 5) is 26.7. The molecule has 1 amide bonds. The Balaban J connectivity index is 1.89. The topological polar surface area (TPSA) is 89.2 Å². The van der Waals surface area contributed by atoms with Crippen LogP contribution in [0.1, 0.15) is 17.4 Å². The number of carboxylic acids is 1. The molecule has 106 valence electrons. The smallest absolute Gasteiger partial charge is 0.352 e. The lowest BCUT2D eigenvalue weighted by molar-refractivity contribution is -0.122. The number of nitrogens with zero attached hydrogens (tertiary/aromatic N) is 3. The van der Waals surface area contributed by atoms with Crippen molar-refractivity contribution in [2.24, 2.45) is 0 Å². The highest BCUT2D eigenvalue weighted by atomic mass is 16.4. The predicted molar refractivity (Wildman–Crippen MR) is 71.2 cm³/mol. The fourth-order valence-corrected chi connectivity index (χ4v) is 1.98. The quantitative estimate of drug-likeness (QED) is 0.808. The number of carboxylic acid groups (broad SMARTS) is 1. The van der Waals surface area contributed by atoms with E-state index >= 15 is 0 Å². The van der Waals surface area contributed by atoms with Crippen LogP contribution in [-0.4, -0.2) is 37.1 Å². The molecule has 7 heteroatoms. The van der Waals surface area contributed by atoms with Crippen LogP contribution < -0.4 is 5.32 Å². The summed E-state index contributed by atoms with van der Waals surface area (Å²) in [5, 5.41) is 11.8. The van der Waals surface area contributed by atoms with Gasteiger partial charge < -0.3 is 19.6 Å². The number of hydrogen-bond acceptors (Lipinski definition) is 3. The van der Waals surface area contributed by atoms with E-state index in [2.05, 4.69) is 10.3 Å². The van der Waals surface area contributed by atoms with E-state index in [0.29, 0.717) is 6.54 Å². The molecule has 0 aliphatic heterocycles. The molecule has 0 aliphatic rings. The van der Waals surface area contributed by atoms with Gasteiger partial charge in [0.2, 0.25) is 5.91 Å². The highest BCUT2D eigenvalue weighted by Gasteiger charge is 2.13. The van der Waals surface area contributed by atoms with Crippen LogP contribution in [0.2, 0.25) is 0 Å². The molecule has 0 saturated carbocycles. The summed E-state index contributed by atoms with van der Waals surface area (Å²) >= 11 is 0. The Morgan fingerprint density at radius 1 is 1.45 bits per heavy atom. The molecule has 0 fully saturated rings. The molecular formula is C13H16N4O3. The molecular weight excluding hydrogens is 260 g/mol. The molecule has 2 N–H and O–H groups in total. The lowest BCUT2D eigenvalue weighted by Gasteiger charge is -2.15. The molecule has 0 spiro atoms. The van der Waals surface area contributed by atoms with Crippen molar-refractivity contribution in [3.05, 3.63) is 42.7 Å². The Bertz CT molecular complexity index is 589. The van der Waals surface area contributed by atoms with Crippen LogP contribution in [0, 0.1) is 0 Å². The first kappa shape index (κ1) is 13.9. The summed E-state index contributed by atoms with van der Waals surface area (Å²) < 4.78 is 3.27. The van der Waals surface area contributed by atoms with Crippen molar-refractivity contribution in [3.8, 4) is 0 Å². The fraction of sp³-hybridized carbons (Fsp3) is 0.308. The molecule has 0 aromatic carbocycles. The second kappa shape index (κ2) is 6.05. The summed E-state index contributed by atoms with van der Waals surface area (Å²) in [5.41, 5.74) is 0.0995. The average Bonchev–Trinajstić information content (AvgIpc) is 2.99. The summed E-state index contributed by atoms with van der Waals surface area (Å²) in [6, 6.07) is 3.00. The van der Waals surface area contributed by atoms with Crippen LogP contribution in [0.5, 0.6) is 0 Å². The third-order valence-corrected chi connectivity index (χ3v) is 2.81. The van der Waals surface area contributed by atoms with E-state index in [0.717, 1.165) is 0 Å². The molecule has 0 bridgehead atoms. The first-order valence-electron chi connectivity index (χ1n) is 6.20. The second-order valence-electron chi connectivity index (χ2n) is 4.55. The van der Waals surface area contributed by atoms with Gasteiger partial charge in [-0.25, -0.2) is 9.78 Å². The fourth-order valence-electron chi connectivity index (χ4n) is 1.98. The number of nitrogens with one attached hydrogen (secondary N) is 1. The van der Waals surface area contributed by atoms with Crippen LogP contribution >= 0.6 is 0 Å². The Kier molecular flexibility index (Phi) is 4.19. The van der Waals surface area contributed by atoms with E-state index in [-0.39, 0.29) is 24.2 Å². The molecule has 0 saturated heterocycles. The lowest BCUT2D eigenvalue weighted by atomic mass is 10.3. The minimum Gasteiger partial charge on any atom is -0.477 e. The van der Waals surface area contributed by atoms with Crippen LogP contribution in [0.3, 0.4) is 0 Å². The number of rotatable bonds is 6. The van der Waals surface area contributed by atoms with Gasteiger partial charge in [-0.15, -0.1) is 0 Å². The zero-order valence-corrected chi connectivity index (χ0v) is 11.1. The lowest BCUT2D eigenvalue weighted by Crippen LogP contribution is -2.37.